The molecule has 2 bridgehead atoms. The van der Waals surface area contributed by atoms with E-state index >= 15 is 0 Å². The second-order valence-corrected chi connectivity index (χ2v) is 6.57. The van der Waals surface area contributed by atoms with Gasteiger partial charge in [0, 0.05) is 12.6 Å². The second kappa shape index (κ2) is 5.20. The molecule has 0 aromatic carbocycles. The topological polar surface area (TPSA) is 41.1 Å². The quantitative estimate of drug-likeness (QED) is 0.819. The van der Waals surface area contributed by atoms with Crippen LogP contribution in [0.3, 0.4) is 0 Å². The maximum atomic E-state index is 12.6. The lowest BCUT2D eigenvalue weighted by atomic mass is 9.92. The third kappa shape index (κ3) is 2.80. The number of nitrogens with one attached hydrogen (secondary N) is 2. The van der Waals surface area contributed by atoms with Crippen LogP contribution in [0.2, 0.25) is 0 Å². The third-order valence-electron chi connectivity index (χ3n) is 5.26. The number of alkyl halides is 3. The van der Waals surface area contributed by atoms with Crippen LogP contribution in [0.1, 0.15) is 38.5 Å². The summed E-state index contributed by atoms with van der Waals surface area (Å²) in [6, 6.07) is -0.198. The molecule has 3 fully saturated rings. The highest BCUT2D eigenvalue weighted by Gasteiger charge is 2.44. The number of halogens is 3. The van der Waals surface area contributed by atoms with E-state index in [9.17, 15) is 18.0 Å². The van der Waals surface area contributed by atoms with Crippen molar-refractivity contribution in [2.75, 3.05) is 6.54 Å². The molecule has 3 nitrogen and oxygen atoms in total. The van der Waals surface area contributed by atoms with E-state index < -0.39 is 18.1 Å². The van der Waals surface area contributed by atoms with Crippen molar-refractivity contribution in [2.24, 2.45) is 17.8 Å². The highest BCUT2D eigenvalue weighted by atomic mass is 19.4. The van der Waals surface area contributed by atoms with Crippen LogP contribution in [0.5, 0.6) is 0 Å². The van der Waals surface area contributed by atoms with E-state index in [0.717, 1.165) is 12.3 Å². The smallest absolute Gasteiger partial charge is 0.352 e. The van der Waals surface area contributed by atoms with E-state index in [-0.39, 0.29) is 31.3 Å². The zero-order chi connectivity index (χ0) is 14.3. The minimum Gasteiger partial charge on any atom is -0.352 e. The average Bonchev–Trinajstić information content (AvgIpc) is 3.00. The van der Waals surface area contributed by atoms with Crippen molar-refractivity contribution < 1.29 is 18.0 Å². The zero-order valence-corrected chi connectivity index (χ0v) is 11.4. The van der Waals surface area contributed by atoms with E-state index in [2.05, 4.69) is 10.6 Å². The fourth-order valence-electron chi connectivity index (χ4n) is 4.06. The number of hydrogen-bond acceptors (Lipinski definition) is 2. The van der Waals surface area contributed by atoms with Gasteiger partial charge in [0.1, 0.15) is 0 Å². The van der Waals surface area contributed by atoms with Gasteiger partial charge in [-0.15, -0.1) is 0 Å². The first-order valence-electron chi connectivity index (χ1n) is 7.54. The van der Waals surface area contributed by atoms with Crippen LogP contribution >= 0.6 is 0 Å². The molecule has 3 aliphatic rings. The molecule has 3 rings (SSSR count). The molecule has 2 aliphatic carbocycles. The van der Waals surface area contributed by atoms with Crippen LogP contribution in [-0.2, 0) is 4.79 Å². The molecule has 0 aromatic heterocycles. The number of rotatable bonds is 2. The molecule has 1 aliphatic heterocycles. The summed E-state index contributed by atoms with van der Waals surface area (Å²) in [5.74, 6) is -0.0769. The Kier molecular flexibility index (Phi) is 3.69. The summed E-state index contributed by atoms with van der Waals surface area (Å²) in [7, 11) is 0. The van der Waals surface area contributed by atoms with Crippen LogP contribution in [-0.4, -0.2) is 30.7 Å². The van der Waals surface area contributed by atoms with Gasteiger partial charge in [-0.25, -0.2) is 0 Å². The van der Waals surface area contributed by atoms with Crippen LogP contribution < -0.4 is 10.6 Å². The molecule has 1 saturated heterocycles. The van der Waals surface area contributed by atoms with Gasteiger partial charge in [-0.05, 0) is 43.9 Å². The van der Waals surface area contributed by atoms with Crippen LogP contribution in [0.25, 0.3) is 0 Å². The maximum Gasteiger partial charge on any atom is 0.393 e. The summed E-state index contributed by atoms with van der Waals surface area (Å²) in [6.45, 7) is -0.141. The van der Waals surface area contributed by atoms with Gasteiger partial charge in [0.25, 0.3) is 0 Å². The molecule has 0 spiro atoms. The lowest BCUT2D eigenvalue weighted by Gasteiger charge is -2.32. The van der Waals surface area contributed by atoms with Gasteiger partial charge in [0.05, 0.1) is 12.0 Å². The molecular weight excluding hydrogens is 269 g/mol. The lowest BCUT2D eigenvalue weighted by Crippen LogP contribution is -2.53. The normalized spacial score (nSPS) is 40.9. The first-order valence-corrected chi connectivity index (χ1v) is 7.54. The van der Waals surface area contributed by atoms with Crippen molar-refractivity contribution >= 4 is 5.91 Å². The fourth-order valence-corrected chi connectivity index (χ4v) is 4.06. The second-order valence-electron chi connectivity index (χ2n) is 6.57. The summed E-state index contributed by atoms with van der Waals surface area (Å²) >= 11 is 0. The number of carbonyl (C=O) groups excluding carboxylic acids is 1. The first kappa shape index (κ1) is 14.2. The SMILES string of the molecule is O=C(NC1CC2CCC1C2)C1CCC(C(F)(F)F)CN1. The van der Waals surface area contributed by atoms with Gasteiger partial charge >= 0.3 is 6.18 Å². The summed E-state index contributed by atoms with van der Waals surface area (Å²) in [6.07, 6.45) is 0.879. The Bertz CT molecular complexity index is 377. The Morgan fingerprint density at radius 3 is 2.40 bits per heavy atom. The molecule has 0 aromatic rings. The molecule has 0 radical (unpaired) electrons. The predicted molar refractivity (Wildman–Crippen MR) is 67.9 cm³/mol. The van der Waals surface area contributed by atoms with Crippen molar-refractivity contribution in [3.8, 4) is 0 Å². The molecule has 1 amide bonds. The predicted octanol–water partition coefficient (Wildman–Crippen LogP) is 2.22. The standard InChI is InChI=1S/C14H21F3N2O/c15-14(16,17)10-3-4-11(18-7-10)13(20)19-12-6-8-1-2-9(12)5-8/h8-12,18H,1-7H2,(H,19,20). The Balaban J connectivity index is 1.47. The highest BCUT2D eigenvalue weighted by molar-refractivity contribution is 5.82. The van der Waals surface area contributed by atoms with E-state index in [1.54, 1.807) is 0 Å². The van der Waals surface area contributed by atoms with Crippen LogP contribution in [0, 0.1) is 17.8 Å². The Morgan fingerprint density at radius 1 is 1.10 bits per heavy atom. The molecule has 5 atom stereocenters. The summed E-state index contributed by atoms with van der Waals surface area (Å²) in [5.41, 5.74) is 0. The van der Waals surface area contributed by atoms with Crippen molar-refractivity contribution in [2.45, 2.75) is 56.8 Å². The fraction of sp³-hybridized carbons (Fsp3) is 0.929. The monoisotopic (exact) mass is 290 g/mol. The molecule has 2 saturated carbocycles. The third-order valence-corrected chi connectivity index (χ3v) is 5.26. The van der Waals surface area contributed by atoms with E-state index in [4.69, 9.17) is 0 Å². The lowest BCUT2D eigenvalue weighted by molar-refractivity contribution is -0.180. The summed E-state index contributed by atoms with van der Waals surface area (Å²) in [5, 5.41) is 5.81. The van der Waals surface area contributed by atoms with E-state index in [1.165, 1.54) is 19.3 Å². The van der Waals surface area contributed by atoms with E-state index in [1.807, 2.05) is 0 Å². The van der Waals surface area contributed by atoms with Crippen molar-refractivity contribution in [3.63, 3.8) is 0 Å². The zero-order valence-electron chi connectivity index (χ0n) is 11.4. The summed E-state index contributed by atoms with van der Waals surface area (Å²) in [4.78, 5) is 12.1. The molecule has 1 heterocycles. The minimum atomic E-state index is -4.15. The molecule has 5 unspecified atom stereocenters. The largest absolute Gasteiger partial charge is 0.393 e. The minimum absolute atomic E-state index is 0.0469. The summed E-state index contributed by atoms with van der Waals surface area (Å²) < 4.78 is 37.7. The van der Waals surface area contributed by atoms with E-state index in [0.29, 0.717) is 5.92 Å². The number of fused-ring (bicyclic) bond motifs is 2. The average molecular weight is 290 g/mol. The molecule has 6 heteroatoms. The molecular formula is C14H21F3N2O. The Morgan fingerprint density at radius 2 is 1.90 bits per heavy atom. The molecule has 114 valence electrons. The van der Waals surface area contributed by atoms with Gasteiger partial charge in [0.2, 0.25) is 5.91 Å². The number of hydrogen-bond donors (Lipinski definition) is 2. The number of carbonyl (C=O) groups is 1. The van der Waals surface area contributed by atoms with Gasteiger partial charge in [-0.3, -0.25) is 4.79 Å². The van der Waals surface area contributed by atoms with Gasteiger partial charge in [-0.1, -0.05) is 6.42 Å². The van der Waals surface area contributed by atoms with Gasteiger partial charge < -0.3 is 10.6 Å². The highest BCUT2D eigenvalue weighted by Crippen LogP contribution is 2.44. The van der Waals surface area contributed by atoms with Crippen molar-refractivity contribution in [1.82, 2.24) is 10.6 Å². The first-order chi connectivity index (χ1) is 9.43. The number of amides is 1. The number of piperidine rings is 1. The van der Waals surface area contributed by atoms with Gasteiger partial charge in [-0.2, -0.15) is 13.2 Å². The molecule has 20 heavy (non-hydrogen) atoms. The molecule has 2 N–H and O–H groups in total. The Hall–Kier alpha value is -0.780. The van der Waals surface area contributed by atoms with Crippen LogP contribution in [0.15, 0.2) is 0 Å². The van der Waals surface area contributed by atoms with Crippen molar-refractivity contribution in [1.29, 1.82) is 0 Å². The van der Waals surface area contributed by atoms with Gasteiger partial charge in [0.15, 0.2) is 0 Å². The Labute approximate surface area is 116 Å². The van der Waals surface area contributed by atoms with Crippen LogP contribution in [0.4, 0.5) is 13.2 Å². The maximum absolute atomic E-state index is 12.6. The van der Waals surface area contributed by atoms with Crippen molar-refractivity contribution in [3.05, 3.63) is 0 Å².